The molecule has 39 heavy (non-hydrogen) atoms. The molecule has 206 valence electrons. The van der Waals surface area contributed by atoms with Crippen molar-refractivity contribution in [2.75, 3.05) is 26.7 Å². The monoisotopic (exact) mass is 536 g/mol. The summed E-state index contributed by atoms with van der Waals surface area (Å²) in [6, 6.07) is 10.6. The van der Waals surface area contributed by atoms with E-state index in [1.54, 1.807) is 34.1 Å². The van der Waals surface area contributed by atoms with Crippen molar-refractivity contribution in [2.45, 2.75) is 38.8 Å². The van der Waals surface area contributed by atoms with Crippen LogP contribution in [0.2, 0.25) is 0 Å². The summed E-state index contributed by atoms with van der Waals surface area (Å²) in [5, 5.41) is 12.7. The number of carboxylic acids is 1. The Morgan fingerprint density at radius 2 is 1.92 bits per heavy atom. The molecule has 3 heterocycles. The zero-order chi connectivity index (χ0) is 28.1. The average Bonchev–Trinajstić information content (AvgIpc) is 3.48. The lowest BCUT2D eigenvalue weighted by Gasteiger charge is -2.43. The van der Waals surface area contributed by atoms with E-state index in [2.05, 4.69) is 10.3 Å². The lowest BCUT2D eigenvalue weighted by atomic mass is 9.98. The molecule has 1 aliphatic rings. The summed E-state index contributed by atoms with van der Waals surface area (Å²) < 4.78 is 10.7. The van der Waals surface area contributed by atoms with Crippen LogP contribution in [0.25, 0.3) is 10.9 Å². The van der Waals surface area contributed by atoms with Crippen molar-refractivity contribution < 1.29 is 33.4 Å². The van der Waals surface area contributed by atoms with E-state index in [0.717, 1.165) is 5.39 Å². The summed E-state index contributed by atoms with van der Waals surface area (Å²) in [7, 11) is 1.49. The summed E-state index contributed by atoms with van der Waals surface area (Å²) in [5.41, 5.74) is 0.597. The van der Waals surface area contributed by atoms with Crippen molar-refractivity contribution in [2.24, 2.45) is 5.92 Å². The second kappa shape index (κ2) is 12.0. The molecule has 2 N–H and O–H groups in total. The minimum Gasteiger partial charge on any atom is -0.496 e. The molecule has 3 aromatic rings. The van der Waals surface area contributed by atoms with Gasteiger partial charge in [0.2, 0.25) is 5.91 Å². The smallest absolute Gasteiger partial charge is 0.303 e. The highest BCUT2D eigenvalue weighted by atomic mass is 16.5. The normalized spacial score (nSPS) is 16.3. The number of furan rings is 1. The Bertz CT molecular complexity index is 1360. The van der Waals surface area contributed by atoms with E-state index in [1.165, 1.54) is 19.4 Å². The van der Waals surface area contributed by atoms with E-state index in [4.69, 9.17) is 9.15 Å². The third-order valence-electron chi connectivity index (χ3n) is 6.87. The molecule has 2 atom stereocenters. The van der Waals surface area contributed by atoms with Gasteiger partial charge in [0.1, 0.15) is 17.5 Å². The van der Waals surface area contributed by atoms with Crippen molar-refractivity contribution in [3.8, 4) is 5.75 Å². The highest BCUT2D eigenvalue weighted by Crippen LogP contribution is 2.25. The van der Waals surface area contributed by atoms with Gasteiger partial charge in [-0.2, -0.15) is 0 Å². The summed E-state index contributed by atoms with van der Waals surface area (Å²) in [4.78, 5) is 58.9. The fourth-order valence-electron chi connectivity index (χ4n) is 4.78. The third-order valence-corrected chi connectivity index (χ3v) is 6.87. The number of hydrogen-bond acceptors (Lipinski definition) is 7. The summed E-state index contributed by atoms with van der Waals surface area (Å²) in [5.74, 6) is -1.65. The molecular formula is C28H32N4O7. The van der Waals surface area contributed by atoms with Gasteiger partial charge in [-0.1, -0.05) is 26.0 Å². The van der Waals surface area contributed by atoms with Gasteiger partial charge in [0.15, 0.2) is 5.76 Å². The average molecular weight is 537 g/mol. The standard InChI is InChI=1S/C28H32N4O7/c1-17(2)22-16-31(12-13-32(22)28(37)23-9-6-14-39-23)27(36)20(10-11-25(33)34)30-26(35)21-15-24(38-3)18-7-4-5-8-19(18)29-21/h4-9,14-15,17,20,22H,10-13,16H2,1-3H3,(H,30,35)(H,33,34). The number of carbonyl (C=O) groups excluding carboxylic acids is 3. The largest absolute Gasteiger partial charge is 0.496 e. The van der Waals surface area contributed by atoms with Crippen LogP contribution in [0, 0.1) is 5.92 Å². The molecule has 0 spiro atoms. The van der Waals surface area contributed by atoms with Gasteiger partial charge in [-0.15, -0.1) is 0 Å². The molecule has 2 unspecified atom stereocenters. The number of ether oxygens (including phenoxy) is 1. The molecule has 4 rings (SSSR count). The molecule has 11 nitrogen and oxygen atoms in total. The van der Waals surface area contributed by atoms with E-state index in [9.17, 15) is 24.3 Å². The first-order chi connectivity index (χ1) is 18.7. The van der Waals surface area contributed by atoms with Crippen molar-refractivity contribution >= 4 is 34.6 Å². The molecule has 1 aliphatic heterocycles. The number of carbonyl (C=O) groups is 4. The predicted octanol–water partition coefficient (Wildman–Crippen LogP) is 2.81. The van der Waals surface area contributed by atoms with Crippen molar-refractivity contribution in [3.05, 3.63) is 60.2 Å². The topological polar surface area (TPSA) is 142 Å². The zero-order valence-electron chi connectivity index (χ0n) is 22.1. The summed E-state index contributed by atoms with van der Waals surface area (Å²) in [6.07, 6.45) is 1.03. The van der Waals surface area contributed by atoms with Gasteiger partial charge in [0.05, 0.1) is 24.9 Å². The second-order valence-corrected chi connectivity index (χ2v) is 9.76. The van der Waals surface area contributed by atoms with Gasteiger partial charge in [-0.3, -0.25) is 19.2 Å². The molecule has 1 saturated heterocycles. The number of hydrogen-bond donors (Lipinski definition) is 2. The van der Waals surface area contributed by atoms with Gasteiger partial charge in [0, 0.05) is 37.5 Å². The van der Waals surface area contributed by atoms with Gasteiger partial charge in [-0.25, -0.2) is 4.98 Å². The van der Waals surface area contributed by atoms with Crippen LogP contribution in [-0.4, -0.2) is 82.4 Å². The highest BCUT2D eigenvalue weighted by Gasteiger charge is 2.37. The maximum Gasteiger partial charge on any atom is 0.303 e. The van der Waals surface area contributed by atoms with E-state index in [1.807, 2.05) is 26.0 Å². The van der Waals surface area contributed by atoms with Crippen LogP contribution in [0.3, 0.4) is 0 Å². The van der Waals surface area contributed by atoms with Crippen LogP contribution in [0.1, 0.15) is 47.7 Å². The van der Waals surface area contributed by atoms with E-state index in [-0.39, 0.29) is 61.8 Å². The number of piperazine rings is 1. The van der Waals surface area contributed by atoms with Gasteiger partial charge in [0.25, 0.3) is 11.8 Å². The quantitative estimate of drug-likeness (QED) is 0.425. The number of aromatic nitrogens is 1. The number of carboxylic acid groups (broad SMARTS) is 1. The minimum atomic E-state index is -1.09. The maximum atomic E-state index is 13.6. The van der Waals surface area contributed by atoms with Crippen molar-refractivity contribution in [1.82, 2.24) is 20.1 Å². The Morgan fingerprint density at radius 3 is 2.59 bits per heavy atom. The number of methoxy groups -OCH3 is 1. The summed E-state index contributed by atoms with van der Waals surface area (Å²) >= 11 is 0. The molecule has 2 aromatic heterocycles. The number of fused-ring (bicyclic) bond motifs is 1. The predicted molar refractivity (Wildman–Crippen MR) is 141 cm³/mol. The number of rotatable bonds is 9. The van der Waals surface area contributed by atoms with Gasteiger partial charge in [-0.05, 0) is 36.6 Å². The maximum absolute atomic E-state index is 13.6. The third kappa shape index (κ3) is 6.19. The number of para-hydroxylation sites is 1. The minimum absolute atomic E-state index is 0.0286. The Labute approximate surface area is 225 Å². The van der Waals surface area contributed by atoms with E-state index >= 15 is 0 Å². The van der Waals surface area contributed by atoms with Crippen molar-refractivity contribution in [3.63, 3.8) is 0 Å². The number of amides is 3. The van der Waals surface area contributed by atoms with Crippen LogP contribution in [0.5, 0.6) is 5.75 Å². The number of aliphatic carboxylic acids is 1. The molecule has 0 bridgehead atoms. The fourth-order valence-corrected chi connectivity index (χ4v) is 4.78. The first kappa shape index (κ1) is 27.6. The Balaban J connectivity index is 1.54. The van der Waals surface area contributed by atoms with E-state index in [0.29, 0.717) is 11.3 Å². The van der Waals surface area contributed by atoms with Crippen LogP contribution in [-0.2, 0) is 9.59 Å². The lowest BCUT2D eigenvalue weighted by molar-refractivity contribution is -0.138. The van der Waals surface area contributed by atoms with Crippen LogP contribution < -0.4 is 10.1 Å². The number of nitrogens with zero attached hydrogens (tertiary/aromatic N) is 3. The molecule has 11 heteroatoms. The molecule has 0 aliphatic carbocycles. The Morgan fingerprint density at radius 1 is 1.15 bits per heavy atom. The van der Waals surface area contributed by atoms with Gasteiger partial charge >= 0.3 is 5.97 Å². The van der Waals surface area contributed by atoms with Crippen molar-refractivity contribution in [1.29, 1.82) is 0 Å². The molecule has 3 amide bonds. The lowest BCUT2D eigenvalue weighted by Crippen LogP contribution is -2.61. The zero-order valence-corrected chi connectivity index (χ0v) is 22.1. The number of pyridine rings is 1. The van der Waals surface area contributed by atoms with E-state index < -0.39 is 23.8 Å². The van der Waals surface area contributed by atoms with Crippen LogP contribution in [0.15, 0.2) is 53.1 Å². The first-order valence-corrected chi connectivity index (χ1v) is 12.8. The van der Waals surface area contributed by atoms with Crippen LogP contribution in [0.4, 0.5) is 0 Å². The second-order valence-electron chi connectivity index (χ2n) is 9.76. The molecule has 1 fully saturated rings. The van der Waals surface area contributed by atoms with Gasteiger partial charge < -0.3 is 29.4 Å². The number of nitrogens with one attached hydrogen (secondary N) is 1. The van der Waals surface area contributed by atoms with Crippen LogP contribution >= 0.6 is 0 Å². The first-order valence-electron chi connectivity index (χ1n) is 12.8. The Hall–Kier alpha value is -4.41. The molecule has 0 radical (unpaired) electrons. The highest BCUT2D eigenvalue weighted by molar-refractivity contribution is 5.99. The fraction of sp³-hybridized carbons (Fsp3) is 0.393. The molecule has 1 aromatic carbocycles. The molecule has 0 saturated carbocycles. The number of benzene rings is 1. The Kier molecular flexibility index (Phi) is 8.48. The summed E-state index contributed by atoms with van der Waals surface area (Å²) in [6.45, 7) is 4.67. The SMILES string of the molecule is COc1cc(C(=O)NC(CCC(=O)O)C(=O)N2CCN(C(=O)c3ccco3)C(C(C)C)C2)nc2ccccc12. The molecular weight excluding hydrogens is 504 g/mol.